The minimum atomic E-state index is 0.578. The fourth-order valence-electron chi connectivity index (χ4n) is 6.17. The van der Waals surface area contributed by atoms with Crippen LogP contribution >= 0.6 is 0 Å². The van der Waals surface area contributed by atoms with Crippen LogP contribution in [0.25, 0.3) is 83.6 Å². The molecule has 3 aromatic heterocycles. The van der Waals surface area contributed by atoms with E-state index in [2.05, 4.69) is 71.3 Å². The summed E-state index contributed by atoms with van der Waals surface area (Å²) in [5, 5.41) is 4.52. The molecule has 6 aromatic carbocycles. The van der Waals surface area contributed by atoms with Crippen LogP contribution in [0.15, 0.2) is 150 Å². The van der Waals surface area contributed by atoms with Crippen LogP contribution in [0.5, 0.6) is 0 Å². The number of hydrogen-bond donors (Lipinski definition) is 0. The first-order valence-electron chi connectivity index (χ1n) is 14.6. The van der Waals surface area contributed by atoms with Crippen LogP contribution < -0.4 is 0 Å². The van der Waals surface area contributed by atoms with E-state index in [4.69, 9.17) is 19.4 Å². The third-order valence-electron chi connectivity index (χ3n) is 8.27. The standard InChI is InChI=1S/C39H24N4O/c1-3-11-25(12-4-1)37-40-38(26-13-5-2-6-14-26)42-39(41-37)43-33-17-9-7-15-29(33)30-21-19-27(23-34(30)43)28-20-22-32-31-16-8-10-18-35(31)44-36(32)24-28/h1-24H. The van der Waals surface area contributed by atoms with Crippen molar-refractivity contribution >= 4 is 43.7 Å². The monoisotopic (exact) mass is 564 g/mol. The summed E-state index contributed by atoms with van der Waals surface area (Å²) in [5.74, 6) is 1.84. The molecule has 3 heterocycles. The van der Waals surface area contributed by atoms with Gasteiger partial charge in [0.1, 0.15) is 11.2 Å². The summed E-state index contributed by atoms with van der Waals surface area (Å²) >= 11 is 0. The van der Waals surface area contributed by atoms with Crippen LogP contribution in [0, 0.1) is 0 Å². The van der Waals surface area contributed by atoms with Crippen molar-refractivity contribution in [3.05, 3.63) is 146 Å². The molecule has 0 radical (unpaired) electrons. The molecule has 0 spiro atoms. The molecule has 9 rings (SSSR count). The highest BCUT2D eigenvalue weighted by Gasteiger charge is 2.18. The van der Waals surface area contributed by atoms with Crippen molar-refractivity contribution in [1.82, 2.24) is 19.5 Å². The maximum atomic E-state index is 6.22. The molecule has 5 heteroatoms. The highest BCUT2D eigenvalue weighted by atomic mass is 16.3. The van der Waals surface area contributed by atoms with E-state index in [0.717, 1.165) is 66.0 Å². The SMILES string of the molecule is c1ccc(-c2nc(-c3ccccc3)nc(-n3c4ccccc4c4ccc(-c5ccc6c(c5)oc5ccccc56)cc43)n2)cc1. The van der Waals surface area contributed by atoms with Crippen LogP contribution in [0.4, 0.5) is 0 Å². The molecule has 0 aliphatic rings. The van der Waals surface area contributed by atoms with Gasteiger partial charge in [-0.2, -0.15) is 9.97 Å². The predicted octanol–water partition coefficient (Wildman–Crippen LogP) is 9.87. The number of aromatic nitrogens is 4. The van der Waals surface area contributed by atoms with Crippen molar-refractivity contribution in [3.8, 4) is 39.9 Å². The van der Waals surface area contributed by atoms with Gasteiger partial charge in [0.15, 0.2) is 11.6 Å². The molecular weight excluding hydrogens is 540 g/mol. The zero-order chi connectivity index (χ0) is 29.0. The molecular formula is C39H24N4O. The molecule has 0 atom stereocenters. The van der Waals surface area contributed by atoms with Gasteiger partial charge < -0.3 is 4.42 Å². The van der Waals surface area contributed by atoms with Gasteiger partial charge in [-0.15, -0.1) is 0 Å². The molecule has 44 heavy (non-hydrogen) atoms. The number of benzene rings is 6. The Morgan fingerprint density at radius 1 is 0.386 bits per heavy atom. The Balaban J connectivity index is 1.29. The molecule has 0 unspecified atom stereocenters. The minimum Gasteiger partial charge on any atom is -0.456 e. The Kier molecular flexibility index (Phi) is 5.43. The van der Waals surface area contributed by atoms with Crippen molar-refractivity contribution in [1.29, 1.82) is 0 Å². The van der Waals surface area contributed by atoms with Gasteiger partial charge in [0.25, 0.3) is 0 Å². The zero-order valence-electron chi connectivity index (χ0n) is 23.6. The summed E-state index contributed by atoms with van der Waals surface area (Å²) in [5.41, 5.74) is 7.89. The molecule has 0 saturated carbocycles. The molecule has 0 aliphatic heterocycles. The highest BCUT2D eigenvalue weighted by molar-refractivity contribution is 6.10. The van der Waals surface area contributed by atoms with E-state index in [1.165, 1.54) is 0 Å². The fraction of sp³-hybridized carbons (Fsp3) is 0. The second-order valence-corrected chi connectivity index (χ2v) is 10.9. The molecule has 206 valence electrons. The smallest absolute Gasteiger partial charge is 0.238 e. The van der Waals surface area contributed by atoms with Crippen LogP contribution in [-0.4, -0.2) is 19.5 Å². The molecule has 0 aliphatic carbocycles. The van der Waals surface area contributed by atoms with Crippen molar-refractivity contribution in [2.45, 2.75) is 0 Å². The number of fused-ring (bicyclic) bond motifs is 6. The normalized spacial score (nSPS) is 11.6. The Bertz CT molecular complexity index is 2440. The second-order valence-electron chi connectivity index (χ2n) is 10.9. The van der Waals surface area contributed by atoms with Gasteiger partial charge in [-0.05, 0) is 41.5 Å². The average Bonchev–Trinajstić information content (AvgIpc) is 3.64. The maximum absolute atomic E-state index is 6.22. The lowest BCUT2D eigenvalue weighted by atomic mass is 10.0. The predicted molar refractivity (Wildman–Crippen MR) is 178 cm³/mol. The van der Waals surface area contributed by atoms with Crippen molar-refractivity contribution in [2.75, 3.05) is 0 Å². The Morgan fingerprint density at radius 2 is 0.932 bits per heavy atom. The van der Waals surface area contributed by atoms with Gasteiger partial charge >= 0.3 is 0 Å². The number of para-hydroxylation sites is 2. The summed E-state index contributed by atoms with van der Waals surface area (Å²) < 4.78 is 8.38. The number of nitrogens with zero attached hydrogens (tertiary/aromatic N) is 4. The quantitative estimate of drug-likeness (QED) is 0.213. The minimum absolute atomic E-state index is 0.578. The molecule has 0 fully saturated rings. The molecule has 0 amide bonds. The van der Waals surface area contributed by atoms with Crippen molar-refractivity contribution < 1.29 is 4.42 Å². The topological polar surface area (TPSA) is 56.7 Å². The first kappa shape index (κ1) is 24.5. The van der Waals surface area contributed by atoms with E-state index in [-0.39, 0.29) is 0 Å². The van der Waals surface area contributed by atoms with Gasteiger partial charge in [0, 0.05) is 32.7 Å². The molecule has 0 saturated heterocycles. The summed E-state index contributed by atoms with van der Waals surface area (Å²) in [4.78, 5) is 15.0. The Hall–Kier alpha value is -6.07. The first-order chi connectivity index (χ1) is 21.8. The van der Waals surface area contributed by atoms with Crippen LogP contribution in [0.2, 0.25) is 0 Å². The maximum Gasteiger partial charge on any atom is 0.238 e. The van der Waals surface area contributed by atoms with Gasteiger partial charge in [-0.25, -0.2) is 4.98 Å². The van der Waals surface area contributed by atoms with Gasteiger partial charge in [-0.1, -0.05) is 115 Å². The van der Waals surface area contributed by atoms with E-state index in [1.807, 2.05) is 78.9 Å². The molecule has 5 nitrogen and oxygen atoms in total. The van der Waals surface area contributed by atoms with Crippen molar-refractivity contribution in [2.24, 2.45) is 0 Å². The van der Waals surface area contributed by atoms with Crippen LogP contribution in [0.1, 0.15) is 0 Å². The number of furan rings is 1. The molecule has 9 aromatic rings. The lowest BCUT2D eigenvalue weighted by Gasteiger charge is -2.11. The second kappa shape index (κ2) is 9.75. The molecule has 0 N–H and O–H groups in total. The van der Waals surface area contributed by atoms with Crippen molar-refractivity contribution in [3.63, 3.8) is 0 Å². The van der Waals surface area contributed by atoms with E-state index in [1.54, 1.807) is 0 Å². The first-order valence-corrected chi connectivity index (χ1v) is 14.6. The van der Waals surface area contributed by atoms with E-state index < -0.39 is 0 Å². The Morgan fingerprint density at radius 3 is 1.66 bits per heavy atom. The largest absolute Gasteiger partial charge is 0.456 e. The zero-order valence-corrected chi connectivity index (χ0v) is 23.6. The van der Waals surface area contributed by atoms with Crippen LogP contribution in [-0.2, 0) is 0 Å². The highest BCUT2D eigenvalue weighted by Crippen LogP contribution is 2.37. The third-order valence-corrected chi connectivity index (χ3v) is 8.27. The van der Waals surface area contributed by atoms with Crippen LogP contribution in [0.3, 0.4) is 0 Å². The fourth-order valence-corrected chi connectivity index (χ4v) is 6.17. The lowest BCUT2D eigenvalue weighted by Crippen LogP contribution is -2.06. The van der Waals surface area contributed by atoms with E-state index in [0.29, 0.717) is 17.6 Å². The van der Waals surface area contributed by atoms with E-state index in [9.17, 15) is 0 Å². The Labute approximate surface area is 252 Å². The molecule has 0 bridgehead atoms. The average molecular weight is 565 g/mol. The number of rotatable bonds is 4. The summed E-state index contributed by atoms with van der Waals surface area (Å²) in [6.45, 7) is 0. The number of hydrogen-bond acceptors (Lipinski definition) is 4. The summed E-state index contributed by atoms with van der Waals surface area (Å²) in [6, 6.07) is 49.8. The van der Waals surface area contributed by atoms with Gasteiger partial charge in [-0.3, -0.25) is 4.57 Å². The summed E-state index contributed by atoms with van der Waals surface area (Å²) in [7, 11) is 0. The van der Waals surface area contributed by atoms with Gasteiger partial charge in [0.2, 0.25) is 5.95 Å². The van der Waals surface area contributed by atoms with Gasteiger partial charge in [0.05, 0.1) is 11.0 Å². The van der Waals surface area contributed by atoms with E-state index >= 15 is 0 Å². The third kappa shape index (κ3) is 3.91. The summed E-state index contributed by atoms with van der Waals surface area (Å²) in [6.07, 6.45) is 0. The lowest BCUT2D eigenvalue weighted by molar-refractivity contribution is 0.669.